The molecule has 0 spiro atoms. The number of hydrogen-bond acceptors (Lipinski definition) is 6. The lowest BCUT2D eigenvalue weighted by Crippen LogP contribution is -2.46. The summed E-state index contributed by atoms with van der Waals surface area (Å²) in [5.74, 6) is -1.51. The van der Waals surface area contributed by atoms with E-state index < -0.39 is 17.6 Å². The van der Waals surface area contributed by atoms with Gasteiger partial charge < -0.3 is 9.47 Å². The van der Waals surface area contributed by atoms with Crippen molar-refractivity contribution in [1.29, 1.82) is 5.26 Å². The third-order valence-electron chi connectivity index (χ3n) is 6.97. The molecule has 2 amide bonds. The van der Waals surface area contributed by atoms with E-state index in [4.69, 9.17) is 14.6 Å². The number of imide groups is 1. The quantitative estimate of drug-likeness (QED) is 0.286. The van der Waals surface area contributed by atoms with E-state index in [-0.39, 0.29) is 35.1 Å². The topological polar surface area (TPSA) is 97.4 Å². The lowest BCUT2D eigenvalue weighted by Gasteiger charge is -2.29. The Bertz CT molecular complexity index is 1540. The largest absolute Gasteiger partial charge is 0.491 e. The molecule has 1 fully saturated rings. The Morgan fingerprint density at radius 2 is 2.00 bits per heavy atom. The summed E-state index contributed by atoms with van der Waals surface area (Å²) in [6.45, 7) is 4.58. The minimum absolute atomic E-state index is 0.0774. The molecule has 3 aromatic rings. The van der Waals surface area contributed by atoms with E-state index in [2.05, 4.69) is 0 Å². The minimum Gasteiger partial charge on any atom is -0.491 e. The number of aromatic nitrogens is 2. The van der Waals surface area contributed by atoms with Gasteiger partial charge in [-0.05, 0) is 68.2 Å². The molecule has 1 saturated heterocycles. The first kappa shape index (κ1) is 27.0. The molecule has 204 valence electrons. The Hall–Kier alpha value is -4.55. The van der Waals surface area contributed by atoms with Crippen LogP contribution in [0, 0.1) is 17.1 Å². The van der Waals surface area contributed by atoms with Crippen LogP contribution in [-0.4, -0.2) is 52.4 Å². The maximum Gasteiger partial charge on any atom is 0.271 e. The van der Waals surface area contributed by atoms with E-state index >= 15 is 0 Å². The molecule has 8 nitrogen and oxygen atoms in total. The average Bonchev–Trinajstić information content (AvgIpc) is 3.64. The first-order valence-electron chi connectivity index (χ1n) is 13.3. The lowest BCUT2D eigenvalue weighted by atomic mass is 9.93. The van der Waals surface area contributed by atoms with Crippen LogP contribution in [0.5, 0.6) is 5.75 Å². The molecule has 2 aliphatic rings. The number of carbonyl (C=O) groups excluding carboxylic acids is 2. The van der Waals surface area contributed by atoms with Gasteiger partial charge in [0.2, 0.25) is 0 Å². The summed E-state index contributed by atoms with van der Waals surface area (Å²) in [4.78, 5) is 27.8. The molecule has 0 N–H and O–H groups in total. The second kappa shape index (κ2) is 11.7. The zero-order valence-electron chi connectivity index (χ0n) is 22.4. The van der Waals surface area contributed by atoms with Crippen molar-refractivity contribution in [2.45, 2.75) is 39.2 Å². The molecule has 0 aliphatic carbocycles. The van der Waals surface area contributed by atoms with E-state index in [9.17, 15) is 19.2 Å². The highest BCUT2D eigenvalue weighted by molar-refractivity contribution is 6.19. The summed E-state index contributed by atoms with van der Waals surface area (Å²) in [6, 6.07) is 16.0. The summed E-state index contributed by atoms with van der Waals surface area (Å²) in [6.07, 6.45) is 5.43. The van der Waals surface area contributed by atoms with Gasteiger partial charge in [0.05, 0.1) is 24.9 Å². The number of carbonyl (C=O) groups is 2. The molecule has 40 heavy (non-hydrogen) atoms. The van der Waals surface area contributed by atoms with Gasteiger partial charge in [-0.2, -0.15) is 10.4 Å². The molecule has 2 aromatic carbocycles. The first-order valence-corrected chi connectivity index (χ1v) is 13.3. The minimum atomic E-state index is -0.623. The molecular formula is C31H29FN4O4. The molecule has 0 bridgehead atoms. The summed E-state index contributed by atoms with van der Waals surface area (Å²) < 4.78 is 27.7. The highest BCUT2D eigenvalue weighted by atomic mass is 19.1. The van der Waals surface area contributed by atoms with E-state index in [0.29, 0.717) is 30.0 Å². The van der Waals surface area contributed by atoms with Gasteiger partial charge in [-0.1, -0.05) is 25.1 Å². The fraction of sp³-hybridized carbons (Fsp3) is 0.290. The second-order valence-electron chi connectivity index (χ2n) is 9.73. The predicted molar refractivity (Wildman–Crippen MR) is 147 cm³/mol. The van der Waals surface area contributed by atoms with Gasteiger partial charge in [0.1, 0.15) is 17.3 Å². The van der Waals surface area contributed by atoms with Crippen LogP contribution >= 0.6 is 0 Å². The number of benzene rings is 2. The normalized spacial score (nSPS) is 18.5. The number of halogens is 1. The van der Waals surface area contributed by atoms with Crippen molar-refractivity contribution in [3.63, 3.8) is 0 Å². The molecule has 2 aliphatic heterocycles. The van der Waals surface area contributed by atoms with Crippen LogP contribution < -0.4 is 4.74 Å². The zero-order chi connectivity index (χ0) is 28.2. The SMILES string of the molecule is CCCOc1ccc(-c2nn(-c3ccccc3)cc2/C=C2/C(=O)N(CC3CCCO3)C(=O)C(C#N)=C2C)cc1F. The van der Waals surface area contributed by atoms with Crippen molar-refractivity contribution in [3.8, 4) is 28.8 Å². The predicted octanol–water partition coefficient (Wildman–Crippen LogP) is 5.24. The molecular weight excluding hydrogens is 511 g/mol. The third-order valence-corrected chi connectivity index (χ3v) is 6.97. The Kier molecular flexibility index (Phi) is 7.89. The third kappa shape index (κ3) is 5.31. The zero-order valence-corrected chi connectivity index (χ0v) is 22.4. The lowest BCUT2D eigenvalue weighted by molar-refractivity contribution is -0.142. The van der Waals surface area contributed by atoms with Gasteiger partial charge in [0, 0.05) is 29.5 Å². The van der Waals surface area contributed by atoms with Crippen molar-refractivity contribution in [2.24, 2.45) is 0 Å². The van der Waals surface area contributed by atoms with Crippen LogP contribution in [0.3, 0.4) is 0 Å². The Labute approximate surface area is 231 Å². The smallest absolute Gasteiger partial charge is 0.271 e. The van der Waals surface area contributed by atoms with Crippen LogP contribution in [0.25, 0.3) is 23.0 Å². The van der Waals surface area contributed by atoms with Gasteiger partial charge in [0.15, 0.2) is 11.6 Å². The van der Waals surface area contributed by atoms with Gasteiger partial charge in [-0.15, -0.1) is 0 Å². The Balaban J connectivity index is 1.62. The maximum atomic E-state index is 15.0. The molecule has 1 atom stereocenters. The summed E-state index contributed by atoms with van der Waals surface area (Å²) >= 11 is 0. The summed E-state index contributed by atoms with van der Waals surface area (Å²) in [5, 5.41) is 14.5. The van der Waals surface area contributed by atoms with Gasteiger partial charge in [0.25, 0.3) is 11.8 Å². The standard InChI is InChI=1S/C31H29FN4O4/c1-3-13-40-28-12-11-21(16-27(28)32)29-22(18-36(34-29)23-8-5-4-6-9-23)15-25-20(2)26(17-33)31(38)35(30(25)37)19-24-10-7-14-39-24/h4-6,8-9,11-12,15-16,18,24H,3,7,10,13-14,19H2,1-2H3/b25-15+. The molecule has 0 saturated carbocycles. The van der Waals surface area contributed by atoms with Crippen LogP contribution in [0.15, 0.2) is 71.4 Å². The first-order chi connectivity index (χ1) is 19.4. The van der Waals surface area contributed by atoms with Gasteiger partial charge in [-0.25, -0.2) is 9.07 Å². The molecule has 5 rings (SSSR count). The average molecular weight is 541 g/mol. The van der Waals surface area contributed by atoms with Crippen LogP contribution in [0.2, 0.25) is 0 Å². The molecule has 3 heterocycles. The Morgan fingerprint density at radius 1 is 1.20 bits per heavy atom. The molecule has 9 heteroatoms. The summed E-state index contributed by atoms with van der Waals surface area (Å²) in [5.41, 5.74) is 2.60. The van der Waals surface area contributed by atoms with Crippen molar-refractivity contribution in [1.82, 2.24) is 14.7 Å². The van der Waals surface area contributed by atoms with Gasteiger partial charge >= 0.3 is 0 Å². The number of para-hydroxylation sites is 1. The highest BCUT2D eigenvalue weighted by Gasteiger charge is 2.37. The number of ether oxygens (including phenoxy) is 2. The van der Waals surface area contributed by atoms with E-state index in [1.165, 1.54) is 6.07 Å². The van der Waals surface area contributed by atoms with Crippen molar-refractivity contribution in [2.75, 3.05) is 19.8 Å². The van der Waals surface area contributed by atoms with Crippen molar-refractivity contribution < 1.29 is 23.5 Å². The van der Waals surface area contributed by atoms with Gasteiger partial charge in [-0.3, -0.25) is 14.5 Å². The van der Waals surface area contributed by atoms with Crippen LogP contribution in [0.4, 0.5) is 4.39 Å². The molecule has 1 aromatic heterocycles. The number of nitrogens with zero attached hydrogens (tertiary/aromatic N) is 4. The monoisotopic (exact) mass is 540 g/mol. The second-order valence-corrected chi connectivity index (χ2v) is 9.73. The fourth-order valence-electron chi connectivity index (χ4n) is 4.85. The maximum absolute atomic E-state index is 15.0. The highest BCUT2D eigenvalue weighted by Crippen LogP contribution is 2.33. The fourth-order valence-corrected chi connectivity index (χ4v) is 4.85. The summed E-state index contributed by atoms with van der Waals surface area (Å²) in [7, 11) is 0. The van der Waals surface area contributed by atoms with Crippen molar-refractivity contribution in [3.05, 3.63) is 82.8 Å². The van der Waals surface area contributed by atoms with Crippen LogP contribution in [-0.2, 0) is 14.3 Å². The van der Waals surface area contributed by atoms with E-state index in [0.717, 1.165) is 29.8 Å². The number of hydrogen-bond donors (Lipinski definition) is 0. The molecule has 1 unspecified atom stereocenters. The Morgan fingerprint density at radius 3 is 2.67 bits per heavy atom. The number of amides is 2. The van der Waals surface area contributed by atoms with E-state index in [1.807, 2.05) is 43.3 Å². The van der Waals surface area contributed by atoms with Crippen LogP contribution in [0.1, 0.15) is 38.7 Å². The number of nitriles is 1. The number of rotatable bonds is 8. The molecule has 0 radical (unpaired) electrons. The van der Waals surface area contributed by atoms with E-state index in [1.54, 1.807) is 36.0 Å². The van der Waals surface area contributed by atoms with Crippen molar-refractivity contribution >= 4 is 17.9 Å².